The van der Waals surface area contributed by atoms with Gasteiger partial charge in [-0.05, 0) is 59.0 Å². The Labute approximate surface area is 138 Å². The molecule has 0 saturated carbocycles. The van der Waals surface area contributed by atoms with Crippen LogP contribution < -0.4 is 4.90 Å². The maximum absolute atomic E-state index is 12.6. The van der Waals surface area contributed by atoms with Gasteiger partial charge in [0.1, 0.15) is 5.82 Å². The van der Waals surface area contributed by atoms with Crippen LogP contribution in [0, 0.1) is 3.57 Å². The predicted molar refractivity (Wildman–Crippen MR) is 85.5 cm³/mol. The van der Waals surface area contributed by atoms with Crippen molar-refractivity contribution >= 4 is 40.2 Å². The molecule has 0 saturated heterocycles. The first-order valence-corrected chi connectivity index (χ1v) is 7.32. The molecule has 3 aromatic heterocycles. The van der Waals surface area contributed by atoms with Crippen LogP contribution in [-0.2, 0) is 0 Å². The lowest BCUT2D eigenvalue weighted by Gasteiger charge is -2.17. The third-order valence-electron chi connectivity index (χ3n) is 2.81. The molecule has 0 N–H and O–H groups in total. The topological polar surface area (TPSA) is 76.6 Å². The van der Waals surface area contributed by atoms with Crippen LogP contribution >= 0.6 is 22.6 Å². The summed E-state index contributed by atoms with van der Waals surface area (Å²) in [4.78, 5) is 30.2. The number of nitrogens with zero attached hydrogens (tertiary/aromatic N) is 2. The van der Waals surface area contributed by atoms with Gasteiger partial charge in [0, 0.05) is 9.77 Å². The zero-order chi connectivity index (χ0) is 15.5. The highest BCUT2D eigenvalue weighted by Crippen LogP contribution is 2.19. The lowest BCUT2D eigenvalue weighted by Crippen LogP contribution is -2.37. The zero-order valence-corrected chi connectivity index (χ0v) is 13.3. The largest absolute Gasteiger partial charge is 0.459 e. The van der Waals surface area contributed by atoms with Gasteiger partial charge in [-0.25, -0.2) is 9.88 Å². The van der Waals surface area contributed by atoms with Crippen molar-refractivity contribution in [1.29, 1.82) is 0 Å². The molecule has 0 aliphatic carbocycles. The molecular formula is C15H9IN2O4. The molecule has 0 aliphatic rings. The van der Waals surface area contributed by atoms with E-state index >= 15 is 0 Å². The van der Waals surface area contributed by atoms with Crippen LogP contribution in [0.25, 0.3) is 0 Å². The van der Waals surface area contributed by atoms with Crippen LogP contribution in [-0.4, -0.2) is 16.8 Å². The molecule has 110 valence electrons. The third kappa shape index (κ3) is 2.80. The number of anilines is 1. The number of carbonyl (C=O) groups excluding carboxylic acids is 2. The number of halogens is 1. The SMILES string of the molecule is O=C(c1ccco1)N(C(=O)c1ccco1)c1ccc(I)cn1. The average Bonchev–Trinajstić information content (AvgIpc) is 3.22. The quantitative estimate of drug-likeness (QED) is 0.491. The summed E-state index contributed by atoms with van der Waals surface area (Å²) in [6.45, 7) is 0. The van der Waals surface area contributed by atoms with Crippen molar-refractivity contribution in [2.45, 2.75) is 0 Å². The van der Waals surface area contributed by atoms with Crippen molar-refractivity contribution in [1.82, 2.24) is 4.98 Å². The number of imide groups is 1. The van der Waals surface area contributed by atoms with Crippen molar-refractivity contribution in [3.8, 4) is 0 Å². The number of rotatable bonds is 3. The molecule has 0 radical (unpaired) electrons. The van der Waals surface area contributed by atoms with Gasteiger partial charge in [0.05, 0.1) is 12.5 Å². The lowest BCUT2D eigenvalue weighted by molar-refractivity contribution is 0.0866. The molecule has 2 amide bonds. The Balaban J connectivity index is 2.04. The predicted octanol–water partition coefficient (Wildman–Crippen LogP) is 3.36. The number of aromatic nitrogens is 1. The molecule has 0 aromatic carbocycles. The van der Waals surface area contributed by atoms with E-state index in [0.29, 0.717) is 0 Å². The molecule has 3 aromatic rings. The van der Waals surface area contributed by atoms with Gasteiger partial charge in [-0.3, -0.25) is 9.59 Å². The maximum Gasteiger partial charge on any atom is 0.302 e. The molecule has 6 nitrogen and oxygen atoms in total. The van der Waals surface area contributed by atoms with Crippen LogP contribution in [0.5, 0.6) is 0 Å². The summed E-state index contributed by atoms with van der Waals surface area (Å²) in [5.74, 6) is -0.941. The van der Waals surface area contributed by atoms with E-state index in [9.17, 15) is 9.59 Å². The second kappa shape index (κ2) is 6.14. The minimum Gasteiger partial charge on any atom is -0.459 e. The van der Waals surface area contributed by atoms with Crippen molar-refractivity contribution in [2.75, 3.05) is 4.90 Å². The first-order chi connectivity index (χ1) is 10.7. The van der Waals surface area contributed by atoms with Gasteiger partial charge in [-0.15, -0.1) is 0 Å². The molecule has 0 spiro atoms. The van der Waals surface area contributed by atoms with Gasteiger partial charge in [0.25, 0.3) is 0 Å². The van der Waals surface area contributed by atoms with Crippen LogP contribution in [0.2, 0.25) is 0 Å². The van der Waals surface area contributed by atoms with E-state index in [0.717, 1.165) is 8.47 Å². The highest BCUT2D eigenvalue weighted by atomic mass is 127. The highest BCUT2D eigenvalue weighted by Gasteiger charge is 2.30. The number of hydrogen-bond acceptors (Lipinski definition) is 5. The van der Waals surface area contributed by atoms with E-state index in [-0.39, 0.29) is 17.3 Å². The van der Waals surface area contributed by atoms with E-state index < -0.39 is 11.8 Å². The minimum atomic E-state index is -0.611. The van der Waals surface area contributed by atoms with Crippen molar-refractivity contribution in [2.24, 2.45) is 0 Å². The average molecular weight is 408 g/mol. The molecular weight excluding hydrogens is 399 g/mol. The molecule has 3 rings (SSSR count). The van der Waals surface area contributed by atoms with Crippen LogP contribution in [0.4, 0.5) is 5.82 Å². The van der Waals surface area contributed by atoms with Crippen LogP contribution in [0.15, 0.2) is 64.0 Å². The van der Waals surface area contributed by atoms with Gasteiger partial charge in [0.15, 0.2) is 11.5 Å². The van der Waals surface area contributed by atoms with Crippen molar-refractivity contribution in [3.05, 3.63) is 70.2 Å². The van der Waals surface area contributed by atoms with E-state index in [1.807, 2.05) is 0 Å². The van der Waals surface area contributed by atoms with Gasteiger partial charge in [-0.1, -0.05) is 0 Å². The van der Waals surface area contributed by atoms with E-state index in [2.05, 4.69) is 27.6 Å². The first kappa shape index (κ1) is 14.5. The van der Waals surface area contributed by atoms with E-state index in [1.54, 1.807) is 30.5 Å². The fraction of sp³-hybridized carbons (Fsp3) is 0. The standard InChI is InChI=1S/C15H9IN2O4/c16-10-5-6-13(17-9-10)18(14(19)11-3-1-7-21-11)15(20)12-4-2-8-22-12/h1-9H. The molecule has 0 fully saturated rings. The smallest absolute Gasteiger partial charge is 0.302 e. The summed E-state index contributed by atoms with van der Waals surface area (Å²) < 4.78 is 11.1. The minimum absolute atomic E-state index is 0.0419. The first-order valence-electron chi connectivity index (χ1n) is 6.24. The Morgan fingerprint density at radius 1 is 0.955 bits per heavy atom. The lowest BCUT2D eigenvalue weighted by atomic mass is 10.3. The zero-order valence-electron chi connectivity index (χ0n) is 11.1. The molecule has 3 heterocycles. The number of carbonyl (C=O) groups is 2. The van der Waals surface area contributed by atoms with Gasteiger partial charge >= 0.3 is 11.8 Å². The van der Waals surface area contributed by atoms with Gasteiger partial charge in [0.2, 0.25) is 0 Å². The van der Waals surface area contributed by atoms with Crippen molar-refractivity contribution < 1.29 is 18.4 Å². The van der Waals surface area contributed by atoms with Gasteiger partial charge < -0.3 is 8.83 Å². The Hall–Kier alpha value is -2.42. The summed E-state index contributed by atoms with van der Waals surface area (Å²) in [6, 6.07) is 9.45. The molecule has 7 heteroatoms. The summed E-state index contributed by atoms with van der Waals surface area (Å²) in [6.07, 6.45) is 4.29. The summed E-state index contributed by atoms with van der Waals surface area (Å²) in [5.41, 5.74) is 0. The summed E-state index contributed by atoms with van der Waals surface area (Å²) in [5, 5.41) is 0. The molecule has 0 unspecified atom stereocenters. The third-order valence-corrected chi connectivity index (χ3v) is 3.45. The number of pyridine rings is 1. The summed E-state index contributed by atoms with van der Waals surface area (Å²) in [7, 11) is 0. The van der Waals surface area contributed by atoms with E-state index in [4.69, 9.17) is 8.83 Å². The monoisotopic (exact) mass is 408 g/mol. The number of furan rings is 2. The normalized spacial score (nSPS) is 10.4. The maximum atomic E-state index is 12.6. The Bertz CT molecular complexity index is 733. The van der Waals surface area contributed by atoms with Crippen LogP contribution in [0.1, 0.15) is 21.1 Å². The van der Waals surface area contributed by atoms with Crippen LogP contribution in [0.3, 0.4) is 0 Å². The van der Waals surface area contributed by atoms with E-state index in [1.165, 1.54) is 24.7 Å². The molecule has 22 heavy (non-hydrogen) atoms. The fourth-order valence-corrected chi connectivity index (χ4v) is 2.14. The second-order valence-corrected chi connectivity index (χ2v) is 5.48. The second-order valence-electron chi connectivity index (χ2n) is 4.23. The van der Waals surface area contributed by atoms with Gasteiger partial charge in [-0.2, -0.15) is 0 Å². The molecule has 0 atom stereocenters. The molecule has 0 aliphatic heterocycles. The summed E-state index contributed by atoms with van der Waals surface area (Å²) >= 11 is 2.09. The fourth-order valence-electron chi connectivity index (χ4n) is 1.82. The van der Waals surface area contributed by atoms with Crippen molar-refractivity contribution in [3.63, 3.8) is 0 Å². The number of amides is 2. The highest BCUT2D eigenvalue weighted by molar-refractivity contribution is 14.1. The Morgan fingerprint density at radius 3 is 1.95 bits per heavy atom. The number of hydrogen-bond donors (Lipinski definition) is 0. The Morgan fingerprint density at radius 2 is 1.55 bits per heavy atom. The Kier molecular flexibility index (Phi) is 4.05. The molecule has 0 bridgehead atoms.